The molecule has 0 radical (unpaired) electrons. The van der Waals surface area contributed by atoms with Gasteiger partial charge in [-0.3, -0.25) is 29.9 Å². The third-order valence-corrected chi connectivity index (χ3v) is 3.41. The second kappa shape index (κ2) is 5.05. The van der Waals surface area contributed by atoms with Crippen LogP contribution in [0.4, 0.5) is 11.4 Å². The Balaban J connectivity index is 2.22. The number of nitro groups is 1. The second-order valence-electron chi connectivity index (χ2n) is 4.88. The quantitative estimate of drug-likeness (QED) is 0.566. The molecule has 0 atom stereocenters. The predicted molar refractivity (Wildman–Crippen MR) is 83.1 cm³/mol. The number of hydrogen-bond acceptors (Lipinski definition) is 6. The first-order chi connectivity index (χ1) is 10.9. The van der Waals surface area contributed by atoms with Crippen molar-refractivity contribution in [3.8, 4) is 5.88 Å². The fraction of sp³-hybridized carbons (Fsp3) is 0.0714. The van der Waals surface area contributed by atoms with E-state index in [9.17, 15) is 24.8 Å². The van der Waals surface area contributed by atoms with Gasteiger partial charge in [0.25, 0.3) is 11.2 Å². The Morgan fingerprint density at radius 2 is 2.04 bits per heavy atom. The number of nitrogens with zero attached hydrogens (tertiary/aromatic N) is 2. The first-order valence-corrected chi connectivity index (χ1v) is 6.48. The van der Waals surface area contributed by atoms with E-state index in [4.69, 9.17) is 0 Å². The predicted octanol–water partition coefficient (Wildman–Crippen LogP) is 1.32. The second-order valence-corrected chi connectivity index (χ2v) is 4.88. The van der Waals surface area contributed by atoms with Crippen LogP contribution in [0.15, 0.2) is 32.8 Å². The van der Waals surface area contributed by atoms with E-state index in [0.29, 0.717) is 22.5 Å². The average molecular weight is 314 g/mol. The largest absolute Gasteiger partial charge is 0.494 e. The van der Waals surface area contributed by atoms with E-state index in [1.165, 1.54) is 24.3 Å². The number of fused-ring (bicyclic) bond motifs is 1. The minimum Gasteiger partial charge on any atom is -0.494 e. The van der Waals surface area contributed by atoms with Crippen LogP contribution in [0.3, 0.4) is 0 Å². The highest BCUT2D eigenvalue weighted by atomic mass is 16.6. The molecule has 9 nitrogen and oxygen atoms in total. The fourth-order valence-corrected chi connectivity index (χ4v) is 2.33. The Morgan fingerprint density at radius 1 is 1.30 bits per heavy atom. The Labute approximate surface area is 127 Å². The van der Waals surface area contributed by atoms with Crippen molar-refractivity contribution >= 4 is 28.7 Å². The van der Waals surface area contributed by atoms with Crippen LogP contribution in [0.1, 0.15) is 18.1 Å². The molecule has 1 aromatic carbocycles. The molecule has 3 rings (SSSR count). The lowest BCUT2D eigenvalue weighted by atomic mass is 10.0. The van der Waals surface area contributed by atoms with E-state index in [1.54, 1.807) is 6.92 Å². The van der Waals surface area contributed by atoms with Crippen molar-refractivity contribution in [2.45, 2.75) is 6.92 Å². The summed E-state index contributed by atoms with van der Waals surface area (Å²) in [6.07, 6.45) is 1.33. The lowest BCUT2D eigenvalue weighted by Gasteiger charge is -2.03. The number of rotatable bonds is 2. The summed E-state index contributed by atoms with van der Waals surface area (Å²) in [5.74, 6) is -0.585. The SMILES string of the molecule is CC1=Nc2ccc([N+](=O)[O-])cc2C1=Cc1c(O)[nH]c(=O)[nH]c1=O. The molecule has 1 aliphatic rings. The van der Waals surface area contributed by atoms with Gasteiger partial charge in [0.2, 0.25) is 5.88 Å². The maximum absolute atomic E-state index is 11.8. The summed E-state index contributed by atoms with van der Waals surface area (Å²) in [6, 6.07) is 4.19. The number of aromatic amines is 2. The van der Waals surface area contributed by atoms with Crippen LogP contribution >= 0.6 is 0 Å². The zero-order valence-electron chi connectivity index (χ0n) is 11.8. The Morgan fingerprint density at radius 3 is 2.70 bits per heavy atom. The minimum absolute atomic E-state index is 0.112. The molecule has 2 heterocycles. The molecule has 1 aliphatic heterocycles. The van der Waals surface area contributed by atoms with E-state index >= 15 is 0 Å². The van der Waals surface area contributed by atoms with E-state index < -0.39 is 22.1 Å². The van der Waals surface area contributed by atoms with Gasteiger partial charge >= 0.3 is 5.69 Å². The molecule has 0 unspecified atom stereocenters. The summed E-state index contributed by atoms with van der Waals surface area (Å²) in [5.41, 5.74) is 0.115. The number of benzene rings is 1. The van der Waals surface area contributed by atoms with Crippen molar-refractivity contribution in [3.63, 3.8) is 0 Å². The molecule has 0 spiro atoms. The third kappa shape index (κ3) is 2.44. The lowest BCUT2D eigenvalue weighted by molar-refractivity contribution is -0.384. The Hall–Kier alpha value is -3.49. The van der Waals surface area contributed by atoms with Crippen molar-refractivity contribution in [2.24, 2.45) is 4.99 Å². The molecule has 2 aromatic rings. The first kappa shape index (κ1) is 14.4. The van der Waals surface area contributed by atoms with Crippen LogP contribution in [-0.4, -0.2) is 25.7 Å². The normalized spacial score (nSPS) is 14.7. The van der Waals surface area contributed by atoms with E-state index in [2.05, 4.69) is 9.98 Å². The molecule has 0 bridgehead atoms. The van der Waals surface area contributed by atoms with Crippen LogP contribution in [0.25, 0.3) is 11.6 Å². The number of aromatic nitrogens is 2. The van der Waals surface area contributed by atoms with E-state index in [1.807, 2.05) is 4.98 Å². The number of allylic oxidation sites excluding steroid dienone is 1. The van der Waals surface area contributed by atoms with Gasteiger partial charge in [-0.25, -0.2) is 4.79 Å². The topological polar surface area (TPSA) is 141 Å². The molecule has 0 fully saturated rings. The van der Waals surface area contributed by atoms with Gasteiger partial charge in [-0.2, -0.15) is 0 Å². The van der Waals surface area contributed by atoms with Gasteiger partial charge in [0, 0.05) is 29.0 Å². The van der Waals surface area contributed by atoms with Crippen LogP contribution in [-0.2, 0) is 0 Å². The smallest absolute Gasteiger partial charge is 0.328 e. The minimum atomic E-state index is -0.831. The van der Waals surface area contributed by atoms with Gasteiger partial charge in [-0.1, -0.05) is 0 Å². The Bertz CT molecular complexity index is 1010. The maximum atomic E-state index is 11.8. The lowest BCUT2D eigenvalue weighted by Crippen LogP contribution is -2.23. The number of nitrogens with one attached hydrogen (secondary N) is 2. The fourth-order valence-electron chi connectivity index (χ4n) is 2.33. The molecular weight excluding hydrogens is 304 g/mol. The maximum Gasteiger partial charge on any atom is 0.328 e. The van der Waals surface area contributed by atoms with Gasteiger partial charge < -0.3 is 5.11 Å². The van der Waals surface area contributed by atoms with Crippen molar-refractivity contribution in [2.75, 3.05) is 0 Å². The van der Waals surface area contributed by atoms with Crippen LogP contribution in [0.2, 0.25) is 0 Å². The van der Waals surface area contributed by atoms with E-state index in [-0.39, 0.29) is 11.3 Å². The van der Waals surface area contributed by atoms with Gasteiger partial charge in [-0.15, -0.1) is 0 Å². The molecule has 0 saturated heterocycles. The van der Waals surface area contributed by atoms with Crippen LogP contribution in [0, 0.1) is 10.1 Å². The zero-order chi connectivity index (χ0) is 16.7. The summed E-state index contributed by atoms with van der Waals surface area (Å²) in [7, 11) is 0. The standard InChI is InChI=1S/C14H10N4O5/c1-6-8(5-10-12(19)16-14(21)17-13(10)20)9-4-7(18(22)23)2-3-11(9)15-6/h2-5H,1H3,(H3,16,17,19,20,21). The summed E-state index contributed by atoms with van der Waals surface area (Å²) < 4.78 is 0. The van der Waals surface area contributed by atoms with Gasteiger partial charge in [0.15, 0.2) is 0 Å². The van der Waals surface area contributed by atoms with Crippen molar-refractivity contribution in [1.82, 2.24) is 9.97 Å². The van der Waals surface area contributed by atoms with Gasteiger partial charge in [0.1, 0.15) is 5.56 Å². The van der Waals surface area contributed by atoms with Gasteiger partial charge in [0.05, 0.1) is 10.6 Å². The number of aromatic hydroxyl groups is 1. The molecule has 23 heavy (non-hydrogen) atoms. The Kier molecular flexibility index (Phi) is 3.17. The van der Waals surface area contributed by atoms with Crippen molar-refractivity contribution < 1.29 is 10.0 Å². The monoisotopic (exact) mass is 314 g/mol. The molecule has 3 N–H and O–H groups in total. The molecule has 1 aromatic heterocycles. The van der Waals surface area contributed by atoms with Gasteiger partial charge in [-0.05, 0) is 19.1 Å². The number of nitro benzene ring substituents is 1. The van der Waals surface area contributed by atoms with Crippen molar-refractivity contribution in [3.05, 3.63) is 60.3 Å². The highest BCUT2D eigenvalue weighted by Crippen LogP contribution is 2.38. The molecular formula is C14H10N4O5. The zero-order valence-corrected chi connectivity index (χ0v) is 11.8. The molecule has 0 amide bonds. The highest BCUT2D eigenvalue weighted by molar-refractivity contribution is 6.31. The molecule has 9 heteroatoms. The summed E-state index contributed by atoms with van der Waals surface area (Å²) in [4.78, 5) is 41.6. The summed E-state index contributed by atoms with van der Waals surface area (Å²) in [5, 5.41) is 20.6. The highest BCUT2D eigenvalue weighted by Gasteiger charge is 2.22. The average Bonchev–Trinajstić information content (AvgIpc) is 2.77. The summed E-state index contributed by atoms with van der Waals surface area (Å²) in [6.45, 7) is 1.68. The van der Waals surface area contributed by atoms with Crippen LogP contribution < -0.4 is 11.2 Å². The van der Waals surface area contributed by atoms with Crippen molar-refractivity contribution in [1.29, 1.82) is 0 Å². The molecule has 116 valence electrons. The number of non-ortho nitro benzene ring substituents is 1. The molecule has 0 saturated carbocycles. The third-order valence-electron chi connectivity index (χ3n) is 3.41. The molecule has 0 aliphatic carbocycles. The number of H-pyrrole nitrogens is 2. The number of aliphatic imine (C=N–C) groups is 1. The van der Waals surface area contributed by atoms with Crippen LogP contribution in [0.5, 0.6) is 5.88 Å². The van der Waals surface area contributed by atoms with E-state index in [0.717, 1.165) is 0 Å². The number of hydrogen-bond donors (Lipinski definition) is 3. The summed E-state index contributed by atoms with van der Waals surface area (Å²) >= 11 is 0. The first-order valence-electron chi connectivity index (χ1n) is 6.48.